The van der Waals surface area contributed by atoms with Gasteiger partial charge >= 0.3 is 0 Å². The molecule has 70 valence electrons. The van der Waals surface area contributed by atoms with Gasteiger partial charge in [-0.25, -0.2) is 0 Å². The Kier molecular flexibility index (Phi) is 2.26. The Balaban J connectivity index is 2.34. The number of hydrogen-bond donors (Lipinski definition) is 1. The number of rotatable bonds is 1. The molecule has 1 saturated heterocycles. The maximum absolute atomic E-state index is 10.3. The first-order valence-corrected chi connectivity index (χ1v) is 5.45. The predicted molar refractivity (Wildman–Crippen MR) is 52.4 cm³/mol. The normalized spacial score (nSPS) is 33.5. The molecule has 1 aromatic rings. The summed E-state index contributed by atoms with van der Waals surface area (Å²) in [6, 6.07) is 0. The first-order chi connectivity index (χ1) is 6.23. The van der Waals surface area contributed by atoms with Gasteiger partial charge in [-0.15, -0.1) is 0 Å². The van der Waals surface area contributed by atoms with E-state index in [1.807, 2.05) is 0 Å². The summed E-state index contributed by atoms with van der Waals surface area (Å²) in [5, 5.41) is 10.3. The van der Waals surface area contributed by atoms with Crippen molar-refractivity contribution in [2.75, 3.05) is 11.5 Å². The molecule has 0 radical (unpaired) electrons. The quantitative estimate of drug-likeness (QED) is 0.729. The maximum atomic E-state index is 10.3. The number of hydrogen-bond acceptors (Lipinski definition) is 4. The van der Waals surface area contributed by atoms with E-state index in [-0.39, 0.29) is 5.92 Å². The van der Waals surface area contributed by atoms with E-state index in [9.17, 15) is 5.11 Å². The van der Waals surface area contributed by atoms with Crippen molar-refractivity contribution in [3.8, 4) is 0 Å². The molecule has 2 rings (SSSR count). The molecular formula is C9H12N2OS. The Morgan fingerprint density at radius 1 is 1.62 bits per heavy atom. The van der Waals surface area contributed by atoms with Crippen LogP contribution in [0.25, 0.3) is 0 Å². The third-order valence-electron chi connectivity index (χ3n) is 2.51. The minimum absolute atomic E-state index is 0.259. The summed E-state index contributed by atoms with van der Waals surface area (Å²) >= 11 is 1.77. The predicted octanol–water partition coefficient (Wildman–Crippen LogP) is 1.05. The highest BCUT2D eigenvalue weighted by atomic mass is 32.2. The minimum Gasteiger partial charge on any atom is -0.382 e. The monoisotopic (exact) mass is 196 g/mol. The lowest BCUT2D eigenvalue weighted by atomic mass is 9.89. The zero-order valence-corrected chi connectivity index (χ0v) is 8.29. The Morgan fingerprint density at radius 3 is 3.00 bits per heavy atom. The number of nitrogens with zero attached hydrogens (tertiary/aromatic N) is 2. The molecule has 3 nitrogen and oxygen atoms in total. The fraction of sp³-hybridized carbons (Fsp3) is 0.556. The Hall–Kier alpha value is -0.610. The molecule has 0 spiro atoms. The van der Waals surface area contributed by atoms with E-state index in [0.717, 1.165) is 11.5 Å². The van der Waals surface area contributed by atoms with Gasteiger partial charge in [-0.3, -0.25) is 9.97 Å². The fourth-order valence-corrected chi connectivity index (χ4v) is 3.01. The Labute approximate surface area is 81.6 Å². The Morgan fingerprint density at radius 2 is 2.46 bits per heavy atom. The lowest BCUT2D eigenvalue weighted by molar-refractivity contribution is 0.0188. The van der Waals surface area contributed by atoms with E-state index >= 15 is 0 Å². The summed E-state index contributed by atoms with van der Waals surface area (Å²) in [5.74, 6) is 1.98. The second-order valence-electron chi connectivity index (χ2n) is 3.43. The topological polar surface area (TPSA) is 46.0 Å². The largest absolute Gasteiger partial charge is 0.382 e. The van der Waals surface area contributed by atoms with Crippen molar-refractivity contribution in [1.29, 1.82) is 0 Å². The van der Waals surface area contributed by atoms with Gasteiger partial charge in [0.2, 0.25) is 0 Å². The third kappa shape index (κ3) is 1.44. The van der Waals surface area contributed by atoms with Crippen molar-refractivity contribution in [2.45, 2.75) is 12.5 Å². The third-order valence-corrected chi connectivity index (χ3v) is 3.89. The van der Waals surface area contributed by atoms with E-state index in [1.54, 1.807) is 30.4 Å². The van der Waals surface area contributed by atoms with E-state index < -0.39 is 5.60 Å². The minimum atomic E-state index is -0.765. The molecule has 0 saturated carbocycles. The van der Waals surface area contributed by atoms with Gasteiger partial charge in [0.05, 0.1) is 11.9 Å². The van der Waals surface area contributed by atoms with Crippen molar-refractivity contribution in [3.05, 3.63) is 24.3 Å². The maximum Gasteiger partial charge on any atom is 0.120 e. The smallest absolute Gasteiger partial charge is 0.120 e. The van der Waals surface area contributed by atoms with Crippen LogP contribution in [0.2, 0.25) is 0 Å². The molecule has 0 aliphatic carbocycles. The second-order valence-corrected chi connectivity index (χ2v) is 4.46. The standard InChI is InChI=1S/C9H12N2OS/c1-7-5-13-6-9(7,12)8-4-10-2-3-11-8/h2-4,7,12H,5-6H2,1H3. The van der Waals surface area contributed by atoms with Gasteiger partial charge in [-0.2, -0.15) is 11.8 Å². The van der Waals surface area contributed by atoms with Crippen LogP contribution in [-0.4, -0.2) is 26.6 Å². The van der Waals surface area contributed by atoms with Gasteiger partial charge in [0.1, 0.15) is 5.60 Å². The summed E-state index contributed by atoms with van der Waals surface area (Å²) in [4.78, 5) is 8.13. The molecule has 0 aromatic carbocycles. The van der Waals surface area contributed by atoms with Crippen molar-refractivity contribution in [3.63, 3.8) is 0 Å². The Bertz CT molecular complexity index is 293. The summed E-state index contributed by atoms with van der Waals surface area (Å²) in [5.41, 5.74) is -0.0636. The molecule has 13 heavy (non-hydrogen) atoms. The average molecular weight is 196 g/mol. The highest BCUT2D eigenvalue weighted by molar-refractivity contribution is 7.99. The van der Waals surface area contributed by atoms with Gasteiger partial charge in [-0.1, -0.05) is 6.92 Å². The summed E-state index contributed by atoms with van der Waals surface area (Å²) < 4.78 is 0. The van der Waals surface area contributed by atoms with Crippen molar-refractivity contribution in [1.82, 2.24) is 9.97 Å². The summed E-state index contributed by atoms with van der Waals surface area (Å²) in [7, 11) is 0. The number of thioether (sulfide) groups is 1. The van der Waals surface area contributed by atoms with Crippen molar-refractivity contribution >= 4 is 11.8 Å². The van der Waals surface area contributed by atoms with Gasteiger partial charge in [0.15, 0.2) is 0 Å². The van der Waals surface area contributed by atoms with Crippen LogP contribution in [0.15, 0.2) is 18.6 Å². The van der Waals surface area contributed by atoms with Gasteiger partial charge in [-0.05, 0) is 5.75 Å². The van der Waals surface area contributed by atoms with Crippen LogP contribution in [-0.2, 0) is 5.60 Å². The molecule has 0 amide bonds. The van der Waals surface area contributed by atoms with Crippen molar-refractivity contribution < 1.29 is 5.11 Å². The molecule has 1 aliphatic rings. The lowest BCUT2D eigenvalue weighted by Gasteiger charge is -2.25. The number of aliphatic hydroxyl groups is 1. The van der Waals surface area contributed by atoms with E-state index in [2.05, 4.69) is 16.9 Å². The van der Waals surface area contributed by atoms with Crippen molar-refractivity contribution in [2.24, 2.45) is 5.92 Å². The van der Waals surface area contributed by atoms with Crippen LogP contribution in [0.4, 0.5) is 0 Å². The molecule has 2 unspecified atom stereocenters. The van der Waals surface area contributed by atoms with Gasteiger partial charge in [0, 0.05) is 24.1 Å². The van der Waals surface area contributed by atoms with Gasteiger partial charge < -0.3 is 5.11 Å². The van der Waals surface area contributed by atoms with Crippen LogP contribution in [0, 0.1) is 5.92 Å². The SMILES string of the molecule is CC1CSCC1(O)c1cnccn1. The van der Waals surface area contributed by atoms with Crippen LogP contribution in [0.1, 0.15) is 12.6 Å². The van der Waals surface area contributed by atoms with Crippen LogP contribution < -0.4 is 0 Å². The van der Waals surface area contributed by atoms with Gasteiger partial charge in [0.25, 0.3) is 0 Å². The first kappa shape index (κ1) is 8.97. The van der Waals surface area contributed by atoms with E-state index in [0.29, 0.717) is 5.69 Å². The molecular weight excluding hydrogens is 184 g/mol. The molecule has 1 fully saturated rings. The van der Waals surface area contributed by atoms with E-state index in [1.165, 1.54) is 0 Å². The van der Waals surface area contributed by atoms with Crippen LogP contribution in [0.3, 0.4) is 0 Å². The molecule has 1 aromatic heterocycles. The fourth-order valence-electron chi connectivity index (χ4n) is 1.52. The second kappa shape index (κ2) is 3.27. The zero-order chi connectivity index (χ0) is 9.31. The highest BCUT2D eigenvalue weighted by Crippen LogP contribution is 2.39. The first-order valence-electron chi connectivity index (χ1n) is 4.30. The lowest BCUT2D eigenvalue weighted by Crippen LogP contribution is -2.33. The zero-order valence-electron chi connectivity index (χ0n) is 7.47. The average Bonchev–Trinajstić information content (AvgIpc) is 2.50. The van der Waals surface area contributed by atoms with Crippen LogP contribution in [0.5, 0.6) is 0 Å². The number of aromatic nitrogens is 2. The molecule has 2 atom stereocenters. The summed E-state index contributed by atoms with van der Waals surface area (Å²) in [6.07, 6.45) is 4.91. The molecule has 1 aliphatic heterocycles. The summed E-state index contributed by atoms with van der Waals surface area (Å²) in [6.45, 7) is 2.05. The molecule has 1 N–H and O–H groups in total. The molecule has 0 bridgehead atoms. The highest BCUT2D eigenvalue weighted by Gasteiger charge is 2.41. The molecule has 4 heteroatoms. The van der Waals surface area contributed by atoms with Crippen LogP contribution >= 0.6 is 11.8 Å². The van der Waals surface area contributed by atoms with E-state index in [4.69, 9.17) is 0 Å². The molecule has 2 heterocycles.